The zero-order chi connectivity index (χ0) is 27.3. The van der Waals surface area contributed by atoms with Gasteiger partial charge in [-0.1, -0.05) is 6.42 Å². The fourth-order valence-corrected chi connectivity index (χ4v) is 4.92. The van der Waals surface area contributed by atoms with Crippen molar-refractivity contribution in [1.29, 1.82) is 0 Å². The van der Waals surface area contributed by atoms with Crippen molar-refractivity contribution >= 4 is 29.7 Å². The molecule has 0 aromatic heterocycles. The molecule has 0 bridgehead atoms. The largest absolute Gasteiger partial charge is 0.463 e. The van der Waals surface area contributed by atoms with E-state index in [1.54, 1.807) is 6.92 Å². The first kappa shape index (κ1) is 28.4. The van der Waals surface area contributed by atoms with Crippen LogP contribution in [0.25, 0.3) is 0 Å². The van der Waals surface area contributed by atoms with Gasteiger partial charge in [-0.3, -0.25) is 24.0 Å². The second-order valence-electron chi connectivity index (χ2n) is 9.40. The van der Waals surface area contributed by atoms with Gasteiger partial charge in [0.05, 0.1) is 0 Å². The van der Waals surface area contributed by atoms with Crippen molar-refractivity contribution in [3.8, 4) is 0 Å². The maximum atomic E-state index is 13.4. The summed E-state index contributed by atoms with van der Waals surface area (Å²) >= 11 is 0. The van der Waals surface area contributed by atoms with E-state index in [-0.39, 0.29) is 18.8 Å². The first-order valence-electron chi connectivity index (χ1n) is 12.4. The second-order valence-corrected chi connectivity index (χ2v) is 9.40. The van der Waals surface area contributed by atoms with Crippen molar-refractivity contribution in [2.75, 3.05) is 6.61 Å². The average molecular weight is 523 g/mol. The molecular weight excluding hydrogens is 488 g/mol. The Labute approximate surface area is 215 Å². The molecule has 11 heteroatoms. The molecule has 3 aliphatic rings. The van der Waals surface area contributed by atoms with Crippen LogP contribution >= 0.6 is 0 Å². The van der Waals surface area contributed by atoms with Gasteiger partial charge in [0.25, 0.3) is 0 Å². The Hall–Kier alpha value is -3.21. The van der Waals surface area contributed by atoms with Crippen molar-refractivity contribution in [2.45, 2.75) is 104 Å². The minimum atomic E-state index is -1.28. The molecule has 1 aliphatic carbocycles. The van der Waals surface area contributed by atoms with Gasteiger partial charge in [0.15, 0.2) is 24.1 Å². The van der Waals surface area contributed by atoms with E-state index in [1.807, 2.05) is 0 Å². The van der Waals surface area contributed by atoms with E-state index < -0.39 is 54.4 Å². The second kappa shape index (κ2) is 12.4. The van der Waals surface area contributed by atoms with Crippen LogP contribution in [0.2, 0.25) is 0 Å². The van der Waals surface area contributed by atoms with Gasteiger partial charge in [-0.2, -0.15) is 0 Å². The Bertz CT molecular complexity index is 1000. The van der Waals surface area contributed by atoms with Crippen LogP contribution in [-0.4, -0.2) is 66.8 Å². The van der Waals surface area contributed by atoms with Crippen LogP contribution in [-0.2, 0) is 52.4 Å². The van der Waals surface area contributed by atoms with Crippen LogP contribution in [0.3, 0.4) is 0 Å². The van der Waals surface area contributed by atoms with E-state index in [0.717, 1.165) is 51.5 Å². The van der Waals surface area contributed by atoms with Crippen LogP contribution in [0.4, 0.5) is 0 Å². The fourth-order valence-electron chi connectivity index (χ4n) is 4.92. The number of rotatable bonds is 7. The van der Waals surface area contributed by atoms with Crippen LogP contribution in [0.1, 0.15) is 73.1 Å². The van der Waals surface area contributed by atoms with E-state index in [2.05, 4.69) is 0 Å². The van der Waals surface area contributed by atoms with Gasteiger partial charge >= 0.3 is 23.9 Å². The number of hydrogen-bond donors (Lipinski definition) is 0. The fraction of sp³-hybridized carbons (Fsp3) is 0.654. The molecule has 1 saturated carbocycles. The topological polar surface area (TPSA) is 141 Å². The van der Waals surface area contributed by atoms with E-state index in [0.29, 0.717) is 17.1 Å². The predicted octanol–water partition coefficient (Wildman–Crippen LogP) is 2.59. The van der Waals surface area contributed by atoms with Crippen molar-refractivity contribution in [3.63, 3.8) is 0 Å². The number of ketones is 1. The van der Waals surface area contributed by atoms with Gasteiger partial charge in [0.2, 0.25) is 5.78 Å². The van der Waals surface area contributed by atoms with Gasteiger partial charge in [-0.15, -0.1) is 0 Å². The zero-order valence-corrected chi connectivity index (χ0v) is 21.8. The Morgan fingerprint density at radius 2 is 1.32 bits per heavy atom. The number of hydrogen-bond acceptors (Lipinski definition) is 11. The van der Waals surface area contributed by atoms with Gasteiger partial charge in [-0.05, 0) is 38.2 Å². The molecule has 0 unspecified atom stereocenters. The molecule has 0 N–H and O–H groups in total. The molecule has 0 aromatic rings. The number of Topliss-reactive ketones (excluding diaryl/α,β-unsaturated/α-hetero) is 1. The zero-order valence-electron chi connectivity index (χ0n) is 21.8. The van der Waals surface area contributed by atoms with Crippen LogP contribution in [0, 0.1) is 0 Å². The number of ether oxygens (including phenoxy) is 6. The molecule has 2 fully saturated rings. The molecule has 2 heterocycles. The number of esters is 4. The Morgan fingerprint density at radius 1 is 0.784 bits per heavy atom. The summed E-state index contributed by atoms with van der Waals surface area (Å²) in [6, 6.07) is 0. The minimum absolute atomic E-state index is 0.0411. The summed E-state index contributed by atoms with van der Waals surface area (Å²) < 4.78 is 33.5. The van der Waals surface area contributed by atoms with Crippen LogP contribution in [0.15, 0.2) is 22.7 Å². The molecule has 0 radical (unpaired) electrons. The normalized spacial score (nSPS) is 27.9. The minimum Gasteiger partial charge on any atom is -0.463 e. The highest BCUT2D eigenvalue weighted by Crippen LogP contribution is 2.38. The quantitative estimate of drug-likeness (QED) is 0.277. The lowest BCUT2D eigenvalue weighted by Crippen LogP contribution is -2.62. The molecule has 37 heavy (non-hydrogen) atoms. The highest BCUT2D eigenvalue weighted by Gasteiger charge is 2.53. The number of carbonyl (C=O) groups is 5. The lowest BCUT2D eigenvalue weighted by Gasteiger charge is -2.44. The van der Waals surface area contributed by atoms with Gasteiger partial charge in [0.1, 0.15) is 24.6 Å². The highest BCUT2D eigenvalue weighted by molar-refractivity contribution is 6.09. The van der Waals surface area contributed by atoms with Gasteiger partial charge in [-0.25, -0.2) is 0 Å². The smallest absolute Gasteiger partial charge is 0.303 e. The maximum Gasteiger partial charge on any atom is 0.303 e. The predicted molar refractivity (Wildman–Crippen MR) is 125 cm³/mol. The third kappa shape index (κ3) is 7.18. The first-order chi connectivity index (χ1) is 17.5. The standard InChI is InChI=1S/C26H34O11/c1-13-19(22(31)23(33-13)18-9-7-6-8-10-18)11-20-24(34-15(3)28)26(36-17(5)30)25(35-16(4)29)21(37-20)12-32-14(2)27/h20-21,24-26H,6-12H2,1-5H3/t20-,21+,24-,25+,26+/m0/s1. The summed E-state index contributed by atoms with van der Waals surface area (Å²) in [4.78, 5) is 60.8. The molecule has 3 rings (SSSR count). The third-order valence-corrected chi connectivity index (χ3v) is 6.43. The maximum absolute atomic E-state index is 13.4. The molecule has 0 aromatic carbocycles. The van der Waals surface area contributed by atoms with Crippen molar-refractivity contribution in [1.82, 2.24) is 0 Å². The van der Waals surface area contributed by atoms with Crippen molar-refractivity contribution < 1.29 is 52.4 Å². The summed E-state index contributed by atoms with van der Waals surface area (Å²) in [6.45, 7) is 6.04. The summed E-state index contributed by atoms with van der Waals surface area (Å²) in [5, 5.41) is 0. The Morgan fingerprint density at radius 3 is 1.86 bits per heavy atom. The molecule has 5 atom stereocenters. The van der Waals surface area contributed by atoms with Crippen LogP contribution in [0.5, 0.6) is 0 Å². The number of allylic oxidation sites excluding steroid dienone is 3. The summed E-state index contributed by atoms with van der Waals surface area (Å²) in [5.74, 6) is -2.24. The first-order valence-corrected chi connectivity index (χ1v) is 12.4. The highest BCUT2D eigenvalue weighted by atomic mass is 16.7. The molecule has 11 nitrogen and oxygen atoms in total. The van der Waals surface area contributed by atoms with Gasteiger partial charge in [0, 0.05) is 39.7 Å². The van der Waals surface area contributed by atoms with E-state index >= 15 is 0 Å². The van der Waals surface area contributed by atoms with E-state index in [9.17, 15) is 24.0 Å². The SMILES string of the molecule is CC(=O)OC[C@H]1O[C@@H](CC2=C(C)OC(=C3CCCCC3)C2=O)[C@H](OC(C)=O)[C@@H](OC(C)=O)[C@@H]1OC(C)=O. The molecule has 1 saturated heterocycles. The van der Waals surface area contributed by atoms with Gasteiger partial charge < -0.3 is 28.4 Å². The summed E-state index contributed by atoms with van der Waals surface area (Å²) in [6.07, 6.45) is -1.19. The van der Waals surface area contributed by atoms with E-state index in [4.69, 9.17) is 28.4 Å². The average Bonchev–Trinajstić information content (AvgIpc) is 3.09. The van der Waals surface area contributed by atoms with Crippen molar-refractivity contribution in [2.24, 2.45) is 0 Å². The summed E-state index contributed by atoms with van der Waals surface area (Å²) in [5.41, 5.74) is 1.32. The molecule has 2 aliphatic heterocycles. The summed E-state index contributed by atoms with van der Waals surface area (Å²) in [7, 11) is 0. The number of carbonyl (C=O) groups excluding carboxylic acids is 5. The third-order valence-electron chi connectivity index (χ3n) is 6.43. The lowest BCUT2D eigenvalue weighted by molar-refractivity contribution is -0.252. The van der Waals surface area contributed by atoms with E-state index in [1.165, 1.54) is 13.8 Å². The molecular formula is C26H34O11. The molecule has 204 valence electrons. The molecule has 0 amide bonds. The van der Waals surface area contributed by atoms with Crippen LogP contribution < -0.4 is 0 Å². The Kier molecular flexibility index (Phi) is 9.47. The Balaban J connectivity index is 1.96. The molecule has 0 spiro atoms. The lowest BCUT2D eigenvalue weighted by atomic mass is 9.88. The van der Waals surface area contributed by atoms with Crippen molar-refractivity contribution in [3.05, 3.63) is 22.7 Å². The monoisotopic (exact) mass is 522 g/mol.